The number of rotatable bonds is 6. The summed E-state index contributed by atoms with van der Waals surface area (Å²) in [5.74, 6) is -0.856. The van der Waals surface area contributed by atoms with Crippen LogP contribution in [0.5, 0.6) is 0 Å². The first kappa shape index (κ1) is 18.5. The third-order valence-electron chi connectivity index (χ3n) is 2.98. The van der Waals surface area contributed by atoms with Gasteiger partial charge in [0.25, 0.3) is 0 Å². The number of benzene rings is 1. The van der Waals surface area contributed by atoms with Crippen molar-refractivity contribution in [2.75, 3.05) is 6.54 Å². The Balaban J connectivity index is 2.84. The van der Waals surface area contributed by atoms with E-state index < -0.39 is 23.8 Å². The highest BCUT2D eigenvalue weighted by atomic mass is 35.5. The van der Waals surface area contributed by atoms with Gasteiger partial charge in [0.05, 0.1) is 11.7 Å². The molecule has 0 spiro atoms. The number of aliphatic hydroxyl groups excluding tert-OH is 1. The SMILES string of the molecule is CCC(O)CCNC(=O)/C=C(/c1ccc(Cl)cc1)C(F)(F)F. The highest BCUT2D eigenvalue weighted by molar-refractivity contribution is 6.30. The molecule has 0 aliphatic rings. The Morgan fingerprint density at radius 2 is 1.95 bits per heavy atom. The van der Waals surface area contributed by atoms with E-state index in [1.54, 1.807) is 6.92 Å². The van der Waals surface area contributed by atoms with Crippen LogP contribution >= 0.6 is 11.6 Å². The van der Waals surface area contributed by atoms with Crippen molar-refractivity contribution in [2.24, 2.45) is 0 Å². The average molecular weight is 336 g/mol. The van der Waals surface area contributed by atoms with Crippen molar-refractivity contribution in [2.45, 2.75) is 32.0 Å². The second kappa shape index (κ2) is 8.19. The van der Waals surface area contributed by atoms with E-state index in [9.17, 15) is 23.1 Å². The van der Waals surface area contributed by atoms with Crippen molar-refractivity contribution in [1.29, 1.82) is 0 Å². The van der Waals surface area contributed by atoms with Gasteiger partial charge in [0.15, 0.2) is 0 Å². The molecule has 0 saturated carbocycles. The summed E-state index contributed by atoms with van der Waals surface area (Å²) in [5, 5.41) is 12.0. The molecular weight excluding hydrogens is 319 g/mol. The molecule has 3 nitrogen and oxygen atoms in total. The second-order valence-corrected chi connectivity index (χ2v) is 5.14. The van der Waals surface area contributed by atoms with Crippen molar-refractivity contribution in [1.82, 2.24) is 5.32 Å². The van der Waals surface area contributed by atoms with Gasteiger partial charge in [-0.2, -0.15) is 13.2 Å². The molecule has 1 aromatic rings. The lowest BCUT2D eigenvalue weighted by Crippen LogP contribution is -2.26. The molecule has 22 heavy (non-hydrogen) atoms. The molecule has 0 radical (unpaired) electrons. The van der Waals surface area contributed by atoms with E-state index >= 15 is 0 Å². The van der Waals surface area contributed by atoms with Gasteiger partial charge in [-0.05, 0) is 30.5 Å². The lowest BCUT2D eigenvalue weighted by molar-refractivity contribution is -0.117. The topological polar surface area (TPSA) is 49.3 Å². The molecule has 1 rings (SSSR count). The monoisotopic (exact) mass is 335 g/mol. The van der Waals surface area contributed by atoms with Gasteiger partial charge in [0, 0.05) is 17.6 Å². The van der Waals surface area contributed by atoms with Crippen LogP contribution in [0.2, 0.25) is 5.02 Å². The Kier molecular flexibility index (Phi) is 6.90. The number of allylic oxidation sites excluding steroid dienone is 1. The number of carbonyl (C=O) groups excluding carboxylic acids is 1. The number of halogens is 4. The highest BCUT2D eigenvalue weighted by Crippen LogP contribution is 2.34. The molecule has 2 N–H and O–H groups in total. The van der Waals surface area contributed by atoms with Crippen molar-refractivity contribution < 1.29 is 23.1 Å². The minimum absolute atomic E-state index is 0.107. The maximum absolute atomic E-state index is 13.1. The first-order valence-electron chi connectivity index (χ1n) is 6.74. The maximum Gasteiger partial charge on any atom is 0.417 e. The van der Waals surface area contributed by atoms with Crippen molar-refractivity contribution in [3.63, 3.8) is 0 Å². The number of carbonyl (C=O) groups is 1. The van der Waals surface area contributed by atoms with E-state index in [1.165, 1.54) is 24.3 Å². The molecular formula is C15H17ClF3NO2. The Hall–Kier alpha value is -1.53. The fourth-order valence-corrected chi connectivity index (χ4v) is 1.83. The van der Waals surface area contributed by atoms with Gasteiger partial charge in [-0.25, -0.2) is 0 Å². The highest BCUT2D eigenvalue weighted by Gasteiger charge is 2.35. The van der Waals surface area contributed by atoms with E-state index in [2.05, 4.69) is 5.32 Å². The van der Waals surface area contributed by atoms with Crippen molar-refractivity contribution in [3.05, 3.63) is 40.9 Å². The van der Waals surface area contributed by atoms with Crippen LogP contribution in [0.1, 0.15) is 25.3 Å². The largest absolute Gasteiger partial charge is 0.417 e. The van der Waals surface area contributed by atoms with E-state index in [4.69, 9.17) is 11.6 Å². The molecule has 7 heteroatoms. The summed E-state index contributed by atoms with van der Waals surface area (Å²) in [5.41, 5.74) is -1.18. The summed E-state index contributed by atoms with van der Waals surface area (Å²) in [7, 11) is 0. The molecule has 0 saturated heterocycles. The van der Waals surface area contributed by atoms with Crippen LogP contribution in [0.15, 0.2) is 30.3 Å². The lowest BCUT2D eigenvalue weighted by Gasteiger charge is -2.13. The quantitative estimate of drug-likeness (QED) is 0.781. The summed E-state index contributed by atoms with van der Waals surface area (Å²) in [6.07, 6.45) is -3.92. The smallest absolute Gasteiger partial charge is 0.393 e. The van der Waals surface area contributed by atoms with Crippen LogP contribution < -0.4 is 5.32 Å². The van der Waals surface area contributed by atoms with Gasteiger partial charge < -0.3 is 10.4 Å². The molecule has 1 atom stereocenters. The normalized spacial score (nSPS) is 13.8. The summed E-state index contributed by atoms with van der Waals surface area (Å²) in [6, 6.07) is 5.06. The number of aliphatic hydroxyl groups is 1. The van der Waals surface area contributed by atoms with Gasteiger partial charge in [-0.3, -0.25) is 4.79 Å². The van der Waals surface area contributed by atoms with Gasteiger partial charge >= 0.3 is 6.18 Å². The molecule has 1 aromatic carbocycles. The van der Waals surface area contributed by atoms with E-state index in [1.807, 2.05) is 0 Å². The number of alkyl halides is 3. The van der Waals surface area contributed by atoms with Gasteiger partial charge in [0.1, 0.15) is 0 Å². The van der Waals surface area contributed by atoms with Crippen molar-refractivity contribution >= 4 is 23.1 Å². The predicted molar refractivity (Wildman–Crippen MR) is 79.4 cm³/mol. The fraction of sp³-hybridized carbons (Fsp3) is 0.400. The molecule has 0 bridgehead atoms. The lowest BCUT2D eigenvalue weighted by atomic mass is 10.1. The number of amides is 1. The first-order chi connectivity index (χ1) is 10.2. The molecule has 0 aromatic heterocycles. The Labute approximate surface area is 131 Å². The molecule has 0 aliphatic heterocycles. The Bertz CT molecular complexity index is 527. The Morgan fingerprint density at radius 1 is 1.36 bits per heavy atom. The fourth-order valence-electron chi connectivity index (χ4n) is 1.71. The van der Waals surface area contributed by atoms with Crippen LogP contribution in [-0.2, 0) is 4.79 Å². The maximum atomic E-state index is 13.1. The summed E-state index contributed by atoms with van der Waals surface area (Å²) in [4.78, 5) is 11.6. The molecule has 1 amide bonds. The van der Waals surface area contributed by atoms with Crippen LogP contribution in [0, 0.1) is 0 Å². The van der Waals surface area contributed by atoms with Gasteiger partial charge in [-0.15, -0.1) is 0 Å². The predicted octanol–water partition coefficient (Wildman–Crippen LogP) is 3.56. The third-order valence-corrected chi connectivity index (χ3v) is 3.24. The van der Waals surface area contributed by atoms with E-state index in [-0.39, 0.29) is 12.1 Å². The van der Waals surface area contributed by atoms with Crippen molar-refractivity contribution in [3.8, 4) is 0 Å². The van der Waals surface area contributed by atoms with Crippen LogP contribution in [0.3, 0.4) is 0 Å². The van der Waals surface area contributed by atoms with Gasteiger partial charge in [-0.1, -0.05) is 30.7 Å². The number of hydrogen-bond acceptors (Lipinski definition) is 2. The zero-order valence-corrected chi connectivity index (χ0v) is 12.7. The van der Waals surface area contributed by atoms with Gasteiger partial charge in [0.2, 0.25) is 5.91 Å². The average Bonchev–Trinajstić information content (AvgIpc) is 2.44. The summed E-state index contributed by atoms with van der Waals surface area (Å²) < 4.78 is 39.2. The minimum atomic E-state index is -4.66. The summed E-state index contributed by atoms with van der Waals surface area (Å²) in [6.45, 7) is 1.88. The summed E-state index contributed by atoms with van der Waals surface area (Å²) >= 11 is 5.64. The number of nitrogens with one attached hydrogen (secondary N) is 1. The van der Waals surface area contributed by atoms with E-state index in [0.29, 0.717) is 23.9 Å². The zero-order chi connectivity index (χ0) is 16.8. The van der Waals surface area contributed by atoms with Crippen LogP contribution in [-0.4, -0.2) is 29.8 Å². The zero-order valence-electron chi connectivity index (χ0n) is 12.0. The molecule has 0 fully saturated rings. The third kappa shape index (κ3) is 6.07. The standard InChI is InChI=1S/C15H17ClF3NO2/c1-2-12(21)7-8-20-14(22)9-13(15(17,18)19)10-3-5-11(16)6-4-10/h3-6,9,12,21H,2,7-8H2,1H3,(H,20,22)/b13-9-. The molecule has 0 aliphatic carbocycles. The molecule has 1 unspecified atom stereocenters. The molecule has 122 valence electrons. The second-order valence-electron chi connectivity index (χ2n) is 4.70. The Morgan fingerprint density at radius 3 is 2.45 bits per heavy atom. The van der Waals surface area contributed by atoms with E-state index in [0.717, 1.165) is 0 Å². The minimum Gasteiger partial charge on any atom is -0.393 e. The van der Waals surface area contributed by atoms with Crippen LogP contribution in [0.25, 0.3) is 5.57 Å². The molecule has 0 heterocycles. The first-order valence-corrected chi connectivity index (χ1v) is 7.12. The number of hydrogen-bond donors (Lipinski definition) is 2. The van der Waals surface area contributed by atoms with Crippen LogP contribution in [0.4, 0.5) is 13.2 Å².